The van der Waals surface area contributed by atoms with Crippen LogP contribution in [-0.2, 0) is 0 Å². The molecule has 0 saturated carbocycles. The van der Waals surface area contributed by atoms with E-state index >= 15 is 0 Å². The minimum absolute atomic E-state index is 0.178. The standard InChI is InChI=1S/C12H17BrFNS/c1-8(16-3)7-15-9(2)10-4-5-11(13)12(14)6-10/h4-6,8-9,15H,7H2,1-3H3. The highest BCUT2D eigenvalue weighted by Gasteiger charge is 2.09. The van der Waals surface area contributed by atoms with Gasteiger partial charge in [-0.05, 0) is 46.8 Å². The molecule has 1 nitrogen and oxygen atoms in total. The lowest BCUT2D eigenvalue weighted by Gasteiger charge is -2.17. The van der Waals surface area contributed by atoms with Gasteiger partial charge in [-0.1, -0.05) is 13.0 Å². The van der Waals surface area contributed by atoms with Gasteiger partial charge in [-0.3, -0.25) is 0 Å². The Morgan fingerprint density at radius 2 is 2.12 bits per heavy atom. The van der Waals surface area contributed by atoms with E-state index in [1.165, 1.54) is 0 Å². The Balaban J connectivity index is 2.59. The summed E-state index contributed by atoms with van der Waals surface area (Å²) in [5, 5.41) is 3.97. The summed E-state index contributed by atoms with van der Waals surface area (Å²) in [4.78, 5) is 0. The summed E-state index contributed by atoms with van der Waals surface area (Å²) >= 11 is 4.98. The molecule has 0 aromatic heterocycles. The first kappa shape index (κ1) is 14.0. The van der Waals surface area contributed by atoms with Gasteiger partial charge in [0.2, 0.25) is 0 Å². The molecule has 0 aliphatic heterocycles. The van der Waals surface area contributed by atoms with E-state index in [9.17, 15) is 4.39 Å². The maximum Gasteiger partial charge on any atom is 0.137 e. The lowest BCUT2D eigenvalue weighted by atomic mass is 10.1. The molecule has 0 aliphatic rings. The molecule has 2 atom stereocenters. The Morgan fingerprint density at radius 1 is 1.44 bits per heavy atom. The van der Waals surface area contributed by atoms with E-state index in [2.05, 4.69) is 41.3 Å². The smallest absolute Gasteiger partial charge is 0.137 e. The number of hydrogen-bond acceptors (Lipinski definition) is 2. The monoisotopic (exact) mass is 305 g/mol. The Hall–Kier alpha value is -0.0600. The van der Waals surface area contributed by atoms with Gasteiger partial charge in [0, 0.05) is 17.8 Å². The second kappa shape index (κ2) is 6.62. The van der Waals surface area contributed by atoms with E-state index in [0.717, 1.165) is 12.1 Å². The van der Waals surface area contributed by atoms with Crippen molar-refractivity contribution in [3.8, 4) is 0 Å². The molecule has 1 N–H and O–H groups in total. The van der Waals surface area contributed by atoms with Gasteiger partial charge in [0.25, 0.3) is 0 Å². The minimum atomic E-state index is -0.205. The number of rotatable bonds is 5. The zero-order valence-electron chi connectivity index (χ0n) is 9.76. The third-order valence-corrected chi connectivity index (χ3v) is 4.17. The van der Waals surface area contributed by atoms with Gasteiger partial charge >= 0.3 is 0 Å². The van der Waals surface area contributed by atoms with Crippen molar-refractivity contribution in [2.24, 2.45) is 0 Å². The SMILES string of the molecule is CSC(C)CNC(C)c1ccc(Br)c(F)c1. The average molecular weight is 306 g/mol. The molecular formula is C12H17BrFNS. The van der Waals surface area contributed by atoms with Crippen LogP contribution in [0.15, 0.2) is 22.7 Å². The van der Waals surface area contributed by atoms with E-state index in [0.29, 0.717) is 9.72 Å². The maximum atomic E-state index is 13.3. The van der Waals surface area contributed by atoms with Crippen LogP contribution in [0.3, 0.4) is 0 Å². The molecule has 0 radical (unpaired) electrons. The van der Waals surface area contributed by atoms with Gasteiger partial charge in [0.1, 0.15) is 5.82 Å². The van der Waals surface area contributed by atoms with Crippen LogP contribution in [0, 0.1) is 5.82 Å². The second-order valence-electron chi connectivity index (χ2n) is 3.85. The molecule has 0 aliphatic carbocycles. The number of nitrogens with one attached hydrogen (secondary N) is 1. The summed E-state index contributed by atoms with van der Waals surface area (Å²) in [6.45, 7) is 5.16. The highest BCUT2D eigenvalue weighted by molar-refractivity contribution is 9.10. The van der Waals surface area contributed by atoms with Crippen molar-refractivity contribution in [1.82, 2.24) is 5.32 Å². The predicted octanol–water partition coefficient (Wildman–Crippen LogP) is 3.99. The summed E-state index contributed by atoms with van der Waals surface area (Å²) < 4.78 is 13.8. The normalized spacial score (nSPS) is 14.8. The van der Waals surface area contributed by atoms with Crippen LogP contribution < -0.4 is 5.32 Å². The van der Waals surface area contributed by atoms with Crippen LogP contribution in [0.2, 0.25) is 0 Å². The number of benzene rings is 1. The number of halogens is 2. The van der Waals surface area contributed by atoms with Gasteiger partial charge in [-0.15, -0.1) is 0 Å². The first-order chi connectivity index (χ1) is 7.54. The van der Waals surface area contributed by atoms with Gasteiger partial charge in [-0.2, -0.15) is 11.8 Å². The summed E-state index contributed by atoms with van der Waals surface area (Å²) in [7, 11) is 0. The van der Waals surface area contributed by atoms with Crippen LogP contribution in [0.4, 0.5) is 4.39 Å². The lowest BCUT2D eigenvalue weighted by molar-refractivity contribution is 0.565. The summed E-state index contributed by atoms with van der Waals surface area (Å²) in [6, 6.07) is 5.44. The molecule has 2 unspecified atom stereocenters. The van der Waals surface area contributed by atoms with Crippen LogP contribution in [0.5, 0.6) is 0 Å². The Kier molecular flexibility index (Phi) is 5.79. The number of hydrogen-bond donors (Lipinski definition) is 1. The fourth-order valence-corrected chi connectivity index (χ4v) is 1.84. The number of thioether (sulfide) groups is 1. The van der Waals surface area contributed by atoms with Crippen molar-refractivity contribution >= 4 is 27.7 Å². The first-order valence-corrected chi connectivity index (χ1v) is 7.33. The van der Waals surface area contributed by atoms with E-state index < -0.39 is 0 Å². The molecule has 0 heterocycles. The van der Waals surface area contributed by atoms with Gasteiger partial charge in [0.05, 0.1) is 4.47 Å². The molecular weight excluding hydrogens is 289 g/mol. The third-order valence-electron chi connectivity index (χ3n) is 2.56. The van der Waals surface area contributed by atoms with Crippen LogP contribution in [-0.4, -0.2) is 18.1 Å². The van der Waals surface area contributed by atoms with Crippen LogP contribution >= 0.6 is 27.7 Å². The Bertz CT molecular complexity index is 346. The van der Waals surface area contributed by atoms with Crippen molar-refractivity contribution in [1.29, 1.82) is 0 Å². The summed E-state index contributed by atoms with van der Waals surface area (Å²) in [5.41, 5.74) is 0.981. The Morgan fingerprint density at radius 3 is 2.69 bits per heavy atom. The van der Waals surface area contributed by atoms with Crippen molar-refractivity contribution < 1.29 is 4.39 Å². The van der Waals surface area contributed by atoms with Crippen LogP contribution in [0.1, 0.15) is 25.5 Å². The average Bonchev–Trinajstić information content (AvgIpc) is 2.29. The topological polar surface area (TPSA) is 12.0 Å². The minimum Gasteiger partial charge on any atom is -0.309 e. The van der Waals surface area contributed by atoms with E-state index in [-0.39, 0.29) is 11.9 Å². The molecule has 4 heteroatoms. The van der Waals surface area contributed by atoms with E-state index in [4.69, 9.17) is 0 Å². The van der Waals surface area contributed by atoms with Crippen molar-refractivity contribution in [2.75, 3.05) is 12.8 Å². The third kappa shape index (κ3) is 4.07. The molecule has 1 aromatic carbocycles. The first-order valence-electron chi connectivity index (χ1n) is 5.25. The fraction of sp³-hybridized carbons (Fsp3) is 0.500. The predicted molar refractivity (Wildman–Crippen MR) is 73.5 cm³/mol. The summed E-state index contributed by atoms with van der Waals surface area (Å²) in [5.74, 6) is -0.205. The quantitative estimate of drug-likeness (QED) is 0.883. The molecule has 0 spiro atoms. The molecule has 1 rings (SSSR count). The van der Waals surface area contributed by atoms with Gasteiger partial charge in [-0.25, -0.2) is 4.39 Å². The fourth-order valence-electron chi connectivity index (χ4n) is 1.33. The highest BCUT2D eigenvalue weighted by Crippen LogP contribution is 2.20. The molecule has 0 fully saturated rings. The lowest BCUT2D eigenvalue weighted by Crippen LogP contribution is -2.25. The van der Waals surface area contributed by atoms with Crippen LogP contribution in [0.25, 0.3) is 0 Å². The molecule has 16 heavy (non-hydrogen) atoms. The van der Waals surface area contributed by atoms with E-state index in [1.807, 2.05) is 17.8 Å². The molecule has 1 aromatic rings. The summed E-state index contributed by atoms with van der Waals surface area (Å²) in [6.07, 6.45) is 2.09. The maximum absolute atomic E-state index is 13.3. The Labute approximate surface area is 109 Å². The second-order valence-corrected chi connectivity index (χ2v) is 5.98. The molecule has 0 amide bonds. The zero-order valence-corrected chi connectivity index (χ0v) is 12.2. The van der Waals surface area contributed by atoms with Crippen molar-refractivity contribution in [2.45, 2.75) is 25.1 Å². The van der Waals surface area contributed by atoms with Crippen molar-refractivity contribution in [3.63, 3.8) is 0 Å². The molecule has 0 saturated heterocycles. The largest absolute Gasteiger partial charge is 0.309 e. The van der Waals surface area contributed by atoms with Gasteiger partial charge < -0.3 is 5.32 Å². The molecule has 90 valence electrons. The zero-order chi connectivity index (χ0) is 12.1. The van der Waals surface area contributed by atoms with E-state index in [1.54, 1.807) is 12.1 Å². The van der Waals surface area contributed by atoms with Gasteiger partial charge in [0.15, 0.2) is 0 Å². The molecule has 0 bridgehead atoms. The highest BCUT2D eigenvalue weighted by atomic mass is 79.9. The van der Waals surface area contributed by atoms with Crippen molar-refractivity contribution in [3.05, 3.63) is 34.1 Å².